The van der Waals surface area contributed by atoms with Gasteiger partial charge in [-0.3, -0.25) is 9.59 Å². The second kappa shape index (κ2) is 5.72. The summed E-state index contributed by atoms with van der Waals surface area (Å²) in [6.45, 7) is 7.44. The van der Waals surface area contributed by atoms with Crippen LogP contribution in [0.5, 0.6) is 0 Å². The first kappa shape index (κ1) is 15.3. The van der Waals surface area contributed by atoms with Crippen molar-refractivity contribution in [3.63, 3.8) is 0 Å². The Balaban J connectivity index is 2.23. The van der Waals surface area contributed by atoms with Crippen LogP contribution in [0.25, 0.3) is 10.9 Å². The van der Waals surface area contributed by atoms with Gasteiger partial charge in [-0.2, -0.15) is 0 Å². The molecule has 21 heavy (non-hydrogen) atoms. The molecule has 1 aromatic heterocycles. The number of hydrogen-bond donors (Lipinski definition) is 0. The maximum atomic E-state index is 12.4. The molecule has 0 spiro atoms. The first-order valence-corrected chi connectivity index (χ1v) is 7.12. The zero-order chi connectivity index (χ0) is 15.6. The standard InChI is InChI=1S/C17H21NO3/c1-5-21-16(20)17(3,4)15(19)11-18-9-8-13-10-12(2)6-7-14(13)18/h6-10H,5,11H2,1-4H3. The number of carbonyl (C=O) groups excluding carboxylic acids is 2. The molecule has 0 unspecified atom stereocenters. The van der Waals surface area contributed by atoms with Crippen molar-refractivity contribution in [3.05, 3.63) is 36.0 Å². The number of ketones is 1. The fourth-order valence-corrected chi connectivity index (χ4v) is 2.24. The minimum atomic E-state index is -1.13. The fourth-order valence-electron chi connectivity index (χ4n) is 2.24. The van der Waals surface area contributed by atoms with E-state index in [0.29, 0.717) is 0 Å². The zero-order valence-electron chi connectivity index (χ0n) is 13.0. The van der Waals surface area contributed by atoms with Crippen molar-refractivity contribution >= 4 is 22.7 Å². The summed E-state index contributed by atoms with van der Waals surface area (Å²) in [4.78, 5) is 24.3. The van der Waals surface area contributed by atoms with Crippen LogP contribution >= 0.6 is 0 Å². The molecule has 0 aliphatic heterocycles. The number of fused-ring (bicyclic) bond motifs is 1. The van der Waals surface area contributed by atoms with Crippen LogP contribution in [0.1, 0.15) is 26.3 Å². The molecule has 0 bridgehead atoms. The molecule has 0 N–H and O–H groups in total. The van der Waals surface area contributed by atoms with Gasteiger partial charge in [-0.1, -0.05) is 11.6 Å². The van der Waals surface area contributed by atoms with E-state index in [9.17, 15) is 9.59 Å². The van der Waals surface area contributed by atoms with E-state index in [1.165, 1.54) is 5.56 Å². The zero-order valence-corrected chi connectivity index (χ0v) is 13.0. The van der Waals surface area contributed by atoms with Gasteiger partial charge in [-0.05, 0) is 51.3 Å². The number of aromatic nitrogens is 1. The summed E-state index contributed by atoms with van der Waals surface area (Å²) in [5.41, 5.74) is 1.05. The smallest absolute Gasteiger partial charge is 0.319 e. The number of hydrogen-bond acceptors (Lipinski definition) is 3. The lowest BCUT2D eigenvalue weighted by Crippen LogP contribution is -2.37. The Morgan fingerprint density at radius 3 is 2.62 bits per heavy atom. The summed E-state index contributed by atoms with van der Waals surface area (Å²) >= 11 is 0. The highest BCUT2D eigenvalue weighted by molar-refractivity contribution is 6.03. The molecule has 1 heterocycles. The van der Waals surface area contributed by atoms with Crippen molar-refractivity contribution in [3.8, 4) is 0 Å². The van der Waals surface area contributed by atoms with Gasteiger partial charge in [0.2, 0.25) is 0 Å². The van der Waals surface area contributed by atoms with E-state index in [1.807, 2.05) is 35.9 Å². The molecular formula is C17H21NO3. The molecule has 0 aliphatic rings. The molecule has 0 saturated heterocycles. The molecule has 112 valence electrons. The Morgan fingerprint density at radius 1 is 1.24 bits per heavy atom. The van der Waals surface area contributed by atoms with E-state index >= 15 is 0 Å². The molecule has 4 nitrogen and oxygen atoms in total. The van der Waals surface area contributed by atoms with E-state index < -0.39 is 11.4 Å². The van der Waals surface area contributed by atoms with Crippen molar-refractivity contribution in [2.24, 2.45) is 5.41 Å². The van der Waals surface area contributed by atoms with Gasteiger partial charge in [-0.25, -0.2) is 0 Å². The van der Waals surface area contributed by atoms with Crippen LogP contribution in [-0.4, -0.2) is 22.9 Å². The average molecular weight is 287 g/mol. The van der Waals surface area contributed by atoms with Gasteiger partial charge in [0.05, 0.1) is 13.2 Å². The minimum absolute atomic E-state index is 0.154. The van der Waals surface area contributed by atoms with Crippen molar-refractivity contribution in [1.82, 2.24) is 4.57 Å². The van der Waals surface area contributed by atoms with Crippen LogP contribution < -0.4 is 0 Å². The molecule has 0 saturated carbocycles. The maximum absolute atomic E-state index is 12.4. The fraction of sp³-hybridized carbons (Fsp3) is 0.412. The third kappa shape index (κ3) is 2.99. The molecule has 0 radical (unpaired) electrons. The van der Waals surface area contributed by atoms with Crippen LogP contribution in [0, 0.1) is 12.3 Å². The monoisotopic (exact) mass is 287 g/mol. The van der Waals surface area contributed by atoms with Crippen LogP contribution in [0.4, 0.5) is 0 Å². The summed E-state index contributed by atoms with van der Waals surface area (Å²) in [7, 11) is 0. The second-order valence-corrected chi connectivity index (χ2v) is 5.77. The van der Waals surface area contributed by atoms with Gasteiger partial charge in [-0.15, -0.1) is 0 Å². The minimum Gasteiger partial charge on any atom is -0.465 e. The van der Waals surface area contributed by atoms with Gasteiger partial charge in [0.25, 0.3) is 0 Å². The van der Waals surface area contributed by atoms with Crippen LogP contribution in [-0.2, 0) is 20.9 Å². The van der Waals surface area contributed by atoms with Crippen LogP contribution in [0.15, 0.2) is 30.5 Å². The van der Waals surface area contributed by atoms with Gasteiger partial charge >= 0.3 is 5.97 Å². The van der Waals surface area contributed by atoms with E-state index in [2.05, 4.69) is 6.07 Å². The number of benzene rings is 1. The third-order valence-electron chi connectivity index (χ3n) is 3.72. The Bertz CT molecular complexity index is 682. The molecule has 2 rings (SSSR count). The lowest BCUT2D eigenvalue weighted by molar-refractivity contribution is -0.158. The lowest BCUT2D eigenvalue weighted by atomic mass is 9.88. The predicted molar refractivity (Wildman–Crippen MR) is 82.1 cm³/mol. The topological polar surface area (TPSA) is 48.3 Å². The number of rotatable bonds is 5. The average Bonchev–Trinajstić information content (AvgIpc) is 2.81. The SMILES string of the molecule is CCOC(=O)C(C)(C)C(=O)Cn1ccc2cc(C)ccc21. The Morgan fingerprint density at radius 2 is 1.95 bits per heavy atom. The highest BCUT2D eigenvalue weighted by atomic mass is 16.5. The maximum Gasteiger partial charge on any atom is 0.319 e. The molecule has 0 atom stereocenters. The summed E-state index contributed by atoms with van der Waals surface area (Å²) in [6, 6.07) is 8.06. The van der Waals surface area contributed by atoms with E-state index in [4.69, 9.17) is 4.74 Å². The number of ether oxygens (including phenoxy) is 1. The summed E-state index contributed by atoms with van der Waals surface area (Å²) in [6.07, 6.45) is 1.88. The van der Waals surface area contributed by atoms with Crippen molar-refractivity contribution in [2.45, 2.75) is 34.2 Å². The predicted octanol–water partition coefficient (Wildman–Crippen LogP) is 3.11. The number of carbonyl (C=O) groups is 2. The Kier molecular flexibility index (Phi) is 4.16. The second-order valence-electron chi connectivity index (χ2n) is 5.77. The Labute approximate surface area is 124 Å². The summed E-state index contributed by atoms with van der Waals surface area (Å²) in [5, 5.41) is 1.09. The van der Waals surface area contributed by atoms with E-state index in [0.717, 1.165) is 10.9 Å². The third-order valence-corrected chi connectivity index (χ3v) is 3.72. The van der Waals surface area contributed by atoms with Gasteiger partial charge in [0, 0.05) is 11.7 Å². The van der Waals surface area contributed by atoms with Gasteiger partial charge in [0.15, 0.2) is 5.78 Å². The molecule has 0 amide bonds. The number of esters is 1. The van der Waals surface area contributed by atoms with Crippen molar-refractivity contribution < 1.29 is 14.3 Å². The molecule has 1 aromatic carbocycles. The number of Topliss-reactive ketones (excluding diaryl/α,β-unsaturated/α-hetero) is 1. The summed E-state index contributed by atoms with van der Waals surface area (Å²) in [5.74, 6) is -0.624. The number of nitrogens with zero attached hydrogens (tertiary/aromatic N) is 1. The van der Waals surface area contributed by atoms with Crippen LogP contribution in [0.3, 0.4) is 0 Å². The normalized spacial score (nSPS) is 11.6. The van der Waals surface area contributed by atoms with Gasteiger partial charge < -0.3 is 9.30 Å². The van der Waals surface area contributed by atoms with E-state index in [-0.39, 0.29) is 18.9 Å². The molecule has 2 aromatic rings. The first-order chi connectivity index (χ1) is 9.86. The molecule has 0 aliphatic carbocycles. The van der Waals surface area contributed by atoms with Crippen molar-refractivity contribution in [2.75, 3.05) is 6.61 Å². The molecule has 0 fully saturated rings. The molecular weight excluding hydrogens is 266 g/mol. The largest absolute Gasteiger partial charge is 0.465 e. The van der Waals surface area contributed by atoms with Gasteiger partial charge in [0.1, 0.15) is 5.41 Å². The highest BCUT2D eigenvalue weighted by Crippen LogP contribution is 2.23. The quantitative estimate of drug-likeness (QED) is 0.627. The first-order valence-electron chi connectivity index (χ1n) is 7.12. The van der Waals surface area contributed by atoms with Crippen molar-refractivity contribution in [1.29, 1.82) is 0 Å². The summed E-state index contributed by atoms with van der Waals surface area (Å²) < 4.78 is 6.85. The molecule has 4 heteroatoms. The van der Waals surface area contributed by atoms with E-state index in [1.54, 1.807) is 20.8 Å². The highest BCUT2D eigenvalue weighted by Gasteiger charge is 2.37. The Hall–Kier alpha value is -2.10. The lowest BCUT2D eigenvalue weighted by Gasteiger charge is -2.21. The van der Waals surface area contributed by atoms with Crippen LogP contribution in [0.2, 0.25) is 0 Å². The number of aryl methyl sites for hydroxylation is 1.